The highest BCUT2D eigenvalue weighted by Gasteiger charge is 2.17. The third-order valence-electron chi connectivity index (χ3n) is 2.45. The van der Waals surface area contributed by atoms with Gasteiger partial charge in [-0.05, 0) is 23.7 Å². The van der Waals surface area contributed by atoms with Crippen molar-refractivity contribution in [2.75, 3.05) is 13.2 Å². The van der Waals surface area contributed by atoms with E-state index in [0.717, 1.165) is 6.42 Å². The van der Waals surface area contributed by atoms with Crippen LogP contribution in [0.5, 0.6) is 0 Å². The molecule has 1 amide bonds. The van der Waals surface area contributed by atoms with Crippen LogP contribution in [0.15, 0.2) is 0 Å². The van der Waals surface area contributed by atoms with Crippen LogP contribution in [-0.2, 0) is 4.79 Å². The van der Waals surface area contributed by atoms with Gasteiger partial charge in [-0.15, -0.1) is 0 Å². The summed E-state index contributed by atoms with van der Waals surface area (Å²) in [6, 6.07) is 0. The molecular weight excluding hydrogens is 202 g/mol. The molecule has 16 heavy (non-hydrogen) atoms. The Balaban J connectivity index is 3.79. The Kier molecular flexibility index (Phi) is 6.65. The topological polar surface area (TPSA) is 49.3 Å². The van der Waals surface area contributed by atoms with Crippen molar-refractivity contribution in [2.24, 2.45) is 17.3 Å². The molecule has 2 unspecified atom stereocenters. The highest BCUT2D eigenvalue weighted by atomic mass is 16.3. The molecule has 0 rings (SSSR count). The number of aliphatic hydroxyl groups excluding tert-OH is 1. The molecule has 3 heteroatoms. The largest absolute Gasteiger partial charge is 0.396 e. The van der Waals surface area contributed by atoms with E-state index in [9.17, 15) is 4.79 Å². The molecule has 0 bridgehead atoms. The molecule has 0 aromatic carbocycles. The number of rotatable bonds is 6. The van der Waals surface area contributed by atoms with E-state index in [-0.39, 0.29) is 23.8 Å². The van der Waals surface area contributed by atoms with Crippen molar-refractivity contribution in [1.82, 2.24) is 5.32 Å². The smallest absolute Gasteiger partial charge is 0.220 e. The monoisotopic (exact) mass is 229 g/mol. The highest BCUT2D eigenvalue weighted by molar-refractivity contribution is 5.76. The molecule has 0 spiro atoms. The third kappa shape index (κ3) is 8.72. The lowest BCUT2D eigenvalue weighted by Crippen LogP contribution is -2.31. The minimum Gasteiger partial charge on any atom is -0.396 e. The number of hydrogen-bond acceptors (Lipinski definition) is 2. The van der Waals surface area contributed by atoms with Gasteiger partial charge in [0.25, 0.3) is 0 Å². The molecule has 2 N–H and O–H groups in total. The molecule has 0 fully saturated rings. The Morgan fingerprint density at radius 3 is 2.25 bits per heavy atom. The summed E-state index contributed by atoms with van der Waals surface area (Å²) >= 11 is 0. The van der Waals surface area contributed by atoms with Crippen LogP contribution in [0.1, 0.15) is 47.5 Å². The van der Waals surface area contributed by atoms with Gasteiger partial charge in [-0.25, -0.2) is 0 Å². The number of hydrogen-bond donors (Lipinski definition) is 2. The Morgan fingerprint density at radius 2 is 1.81 bits per heavy atom. The van der Waals surface area contributed by atoms with E-state index in [1.165, 1.54) is 0 Å². The molecule has 0 heterocycles. The average molecular weight is 229 g/mol. The first kappa shape index (κ1) is 15.4. The summed E-state index contributed by atoms with van der Waals surface area (Å²) in [5.41, 5.74) is 0.276. The van der Waals surface area contributed by atoms with Gasteiger partial charge in [0.15, 0.2) is 0 Å². The van der Waals surface area contributed by atoms with Crippen LogP contribution < -0.4 is 5.32 Å². The summed E-state index contributed by atoms with van der Waals surface area (Å²) < 4.78 is 0. The second-order valence-electron chi connectivity index (χ2n) is 6.17. The molecular formula is C13H27NO2. The predicted octanol–water partition coefficient (Wildman–Crippen LogP) is 2.19. The van der Waals surface area contributed by atoms with Gasteiger partial charge in [-0.2, -0.15) is 0 Å². The van der Waals surface area contributed by atoms with Crippen molar-refractivity contribution in [2.45, 2.75) is 47.5 Å². The first-order valence-electron chi connectivity index (χ1n) is 6.12. The fourth-order valence-corrected chi connectivity index (χ4v) is 1.86. The van der Waals surface area contributed by atoms with Crippen LogP contribution in [-0.4, -0.2) is 24.2 Å². The molecule has 0 saturated heterocycles. The maximum atomic E-state index is 11.6. The van der Waals surface area contributed by atoms with Crippen LogP contribution in [0.2, 0.25) is 0 Å². The van der Waals surface area contributed by atoms with Crippen LogP contribution in [0.3, 0.4) is 0 Å². The van der Waals surface area contributed by atoms with Gasteiger partial charge in [0, 0.05) is 19.6 Å². The van der Waals surface area contributed by atoms with Crippen LogP contribution in [0.4, 0.5) is 0 Å². The molecule has 0 aliphatic carbocycles. The lowest BCUT2D eigenvalue weighted by Gasteiger charge is -2.23. The van der Waals surface area contributed by atoms with Gasteiger partial charge in [-0.1, -0.05) is 34.6 Å². The fraction of sp³-hybridized carbons (Fsp3) is 0.923. The van der Waals surface area contributed by atoms with E-state index in [1.54, 1.807) is 0 Å². The normalized spacial score (nSPS) is 15.6. The van der Waals surface area contributed by atoms with E-state index in [0.29, 0.717) is 18.9 Å². The Hall–Kier alpha value is -0.570. The molecule has 0 aromatic heterocycles. The molecule has 2 atom stereocenters. The SMILES string of the molecule is CC(CO)CNC(=O)CC(C)CC(C)(C)C. The summed E-state index contributed by atoms with van der Waals surface area (Å²) in [5.74, 6) is 0.642. The summed E-state index contributed by atoms with van der Waals surface area (Å²) in [7, 11) is 0. The zero-order valence-electron chi connectivity index (χ0n) is 11.3. The second-order valence-corrected chi connectivity index (χ2v) is 6.17. The Morgan fingerprint density at radius 1 is 1.25 bits per heavy atom. The molecule has 0 radical (unpaired) electrons. The van der Waals surface area contributed by atoms with Crippen molar-refractivity contribution in [3.8, 4) is 0 Å². The summed E-state index contributed by atoms with van der Waals surface area (Å²) in [6.07, 6.45) is 1.63. The van der Waals surface area contributed by atoms with Crippen LogP contribution in [0.25, 0.3) is 0 Å². The van der Waals surface area contributed by atoms with E-state index in [4.69, 9.17) is 5.11 Å². The minimum atomic E-state index is 0.0945. The van der Waals surface area contributed by atoms with Gasteiger partial charge in [0.2, 0.25) is 5.91 Å². The van der Waals surface area contributed by atoms with Gasteiger partial charge in [0.05, 0.1) is 0 Å². The van der Waals surface area contributed by atoms with Crippen molar-refractivity contribution < 1.29 is 9.90 Å². The van der Waals surface area contributed by atoms with Gasteiger partial charge < -0.3 is 10.4 Å². The lowest BCUT2D eigenvalue weighted by molar-refractivity contribution is -0.122. The van der Waals surface area contributed by atoms with Crippen molar-refractivity contribution >= 4 is 5.91 Å². The zero-order valence-corrected chi connectivity index (χ0v) is 11.3. The molecule has 0 aromatic rings. The van der Waals surface area contributed by atoms with Crippen molar-refractivity contribution in [1.29, 1.82) is 0 Å². The number of carbonyl (C=O) groups is 1. The Bertz CT molecular complexity index is 208. The quantitative estimate of drug-likeness (QED) is 0.733. The van der Waals surface area contributed by atoms with Crippen LogP contribution in [0, 0.1) is 17.3 Å². The van der Waals surface area contributed by atoms with E-state index >= 15 is 0 Å². The number of nitrogens with one attached hydrogen (secondary N) is 1. The zero-order chi connectivity index (χ0) is 12.8. The van der Waals surface area contributed by atoms with Crippen LogP contribution >= 0.6 is 0 Å². The summed E-state index contributed by atoms with van der Waals surface area (Å²) in [4.78, 5) is 11.6. The van der Waals surface area contributed by atoms with Gasteiger partial charge in [0.1, 0.15) is 0 Å². The second kappa shape index (κ2) is 6.89. The minimum absolute atomic E-state index is 0.0945. The van der Waals surface area contributed by atoms with E-state index in [2.05, 4.69) is 33.0 Å². The highest BCUT2D eigenvalue weighted by Crippen LogP contribution is 2.25. The summed E-state index contributed by atoms with van der Waals surface area (Å²) in [6.45, 7) is 11.3. The molecule has 96 valence electrons. The standard InChI is InChI=1S/C13H27NO2/c1-10(7-13(3,4)5)6-12(16)14-8-11(2)9-15/h10-11,15H,6-9H2,1-5H3,(H,14,16). The first-order chi connectivity index (χ1) is 7.24. The van der Waals surface area contributed by atoms with E-state index < -0.39 is 0 Å². The van der Waals surface area contributed by atoms with E-state index in [1.807, 2.05) is 6.92 Å². The fourth-order valence-electron chi connectivity index (χ4n) is 1.86. The number of aliphatic hydroxyl groups is 1. The maximum absolute atomic E-state index is 11.6. The molecule has 0 aliphatic rings. The molecule has 0 saturated carbocycles. The van der Waals surface area contributed by atoms with Gasteiger partial charge in [-0.3, -0.25) is 4.79 Å². The lowest BCUT2D eigenvalue weighted by atomic mass is 9.84. The molecule has 0 aliphatic heterocycles. The van der Waals surface area contributed by atoms with Crippen molar-refractivity contribution in [3.63, 3.8) is 0 Å². The number of carbonyl (C=O) groups excluding carboxylic acids is 1. The van der Waals surface area contributed by atoms with Crippen molar-refractivity contribution in [3.05, 3.63) is 0 Å². The predicted molar refractivity (Wildman–Crippen MR) is 67.1 cm³/mol. The summed E-state index contributed by atoms with van der Waals surface area (Å²) in [5, 5.41) is 11.7. The number of amides is 1. The first-order valence-corrected chi connectivity index (χ1v) is 6.12. The average Bonchev–Trinajstić information content (AvgIpc) is 2.10. The Labute approximate surface area is 99.6 Å². The third-order valence-corrected chi connectivity index (χ3v) is 2.45. The van der Waals surface area contributed by atoms with Gasteiger partial charge >= 0.3 is 0 Å². The molecule has 3 nitrogen and oxygen atoms in total. The maximum Gasteiger partial charge on any atom is 0.220 e.